The molecule has 0 aliphatic carbocycles. The zero-order chi connectivity index (χ0) is 13.6. The van der Waals surface area contributed by atoms with Gasteiger partial charge in [-0.05, 0) is 24.9 Å². The SMILES string of the molecule is c1ccc(Cn2cc(CN[C@H]3CCCNC3)cn2)cc1. The van der Waals surface area contributed by atoms with E-state index in [4.69, 9.17) is 0 Å². The molecule has 1 saturated heterocycles. The van der Waals surface area contributed by atoms with Gasteiger partial charge in [-0.15, -0.1) is 0 Å². The molecule has 0 saturated carbocycles. The molecule has 1 aliphatic heterocycles. The van der Waals surface area contributed by atoms with E-state index in [1.54, 1.807) is 0 Å². The average molecular weight is 270 g/mol. The molecular formula is C16H22N4. The van der Waals surface area contributed by atoms with Crippen LogP contribution < -0.4 is 10.6 Å². The minimum Gasteiger partial charge on any atom is -0.315 e. The number of nitrogens with one attached hydrogen (secondary N) is 2. The maximum atomic E-state index is 4.44. The molecular weight excluding hydrogens is 248 g/mol. The zero-order valence-electron chi connectivity index (χ0n) is 11.8. The molecule has 1 aliphatic rings. The number of piperidine rings is 1. The number of aromatic nitrogens is 2. The van der Waals surface area contributed by atoms with Crippen LogP contribution in [0.15, 0.2) is 42.7 Å². The van der Waals surface area contributed by atoms with Gasteiger partial charge in [0.1, 0.15) is 0 Å². The summed E-state index contributed by atoms with van der Waals surface area (Å²) in [7, 11) is 0. The second kappa shape index (κ2) is 6.68. The third-order valence-corrected chi connectivity index (χ3v) is 3.77. The highest BCUT2D eigenvalue weighted by molar-refractivity contribution is 5.15. The lowest BCUT2D eigenvalue weighted by molar-refractivity contribution is 0.389. The van der Waals surface area contributed by atoms with E-state index in [0.717, 1.165) is 26.2 Å². The van der Waals surface area contributed by atoms with Crippen LogP contribution in [0.25, 0.3) is 0 Å². The molecule has 20 heavy (non-hydrogen) atoms. The Morgan fingerprint density at radius 2 is 2.15 bits per heavy atom. The van der Waals surface area contributed by atoms with Crippen LogP contribution in [-0.4, -0.2) is 28.9 Å². The van der Waals surface area contributed by atoms with Crippen LogP contribution >= 0.6 is 0 Å². The van der Waals surface area contributed by atoms with Crippen molar-refractivity contribution in [3.63, 3.8) is 0 Å². The Balaban J connectivity index is 1.51. The van der Waals surface area contributed by atoms with Crippen molar-refractivity contribution in [1.29, 1.82) is 0 Å². The molecule has 0 radical (unpaired) electrons. The predicted molar refractivity (Wildman–Crippen MR) is 80.5 cm³/mol. The van der Waals surface area contributed by atoms with Crippen LogP contribution in [0, 0.1) is 0 Å². The topological polar surface area (TPSA) is 41.9 Å². The smallest absolute Gasteiger partial charge is 0.0659 e. The first-order valence-electron chi connectivity index (χ1n) is 7.39. The molecule has 0 bridgehead atoms. The van der Waals surface area contributed by atoms with E-state index in [1.165, 1.54) is 24.0 Å². The van der Waals surface area contributed by atoms with E-state index in [9.17, 15) is 0 Å². The number of benzene rings is 1. The summed E-state index contributed by atoms with van der Waals surface area (Å²) in [5.74, 6) is 0. The van der Waals surface area contributed by atoms with Crippen molar-refractivity contribution < 1.29 is 0 Å². The Kier molecular flexibility index (Phi) is 4.46. The lowest BCUT2D eigenvalue weighted by atomic mass is 10.1. The van der Waals surface area contributed by atoms with Crippen molar-refractivity contribution in [2.45, 2.75) is 32.0 Å². The molecule has 1 atom stereocenters. The molecule has 1 fully saturated rings. The van der Waals surface area contributed by atoms with Crippen molar-refractivity contribution in [2.24, 2.45) is 0 Å². The maximum absolute atomic E-state index is 4.44. The first kappa shape index (κ1) is 13.3. The number of nitrogens with zero attached hydrogens (tertiary/aromatic N) is 2. The number of hydrogen-bond acceptors (Lipinski definition) is 3. The van der Waals surface area contributed by atoms with Gasteiger partial charge in [0.15, 0.2) is 0 Å². The Hall–Kier alpha value is -1.65. The van der Waals surface area contributed by atoms with Crippen molar-refractivity contribution in [1.82, 2.24) is 20.4 Å². The van der Waals surface area contributed by atoms with Gasteiger partial charge in [0, 0.05) is 30.9 Å². The van der Waals surface area contributed by atoms with Gasteiger partial charge in [0.05, 0.1) is 12.7 Å². The Labute approximate surface area is 120 Å². The molecule has 3 rings (SSSR count). The minimum absolute atomic E-state index is 0.598. The standard InChI is InChI=1S/C16H22N4/c1-2-5-14(6-3-1)12-20-13-15(10-19-20)9-18-16-7-4-8-17-11-16/h1-3,5-6,10,13,16-18H,4,7-9,11-12H2/t16-/m0/s1. The van der Waals surface area contributed by atoms with Crippen LogP contribution in [0.4, 0.5) is 0 Å². The highest BCUT2D eigenvalue weighted by atomic mass is 15.3. The largest absolute Gasteiger partial charge is 0.315 e. The van der Waals surface area contributed by atoms with E-state index in [2.05, 4.69) is 46.2 Å². The molecule has 0 amide bonds. The maximum Gasteiger partial charge on any atom is 0.0659 e. The van der Waals surface area contributed by atoms with Gasteiger partial charge in [-0.2, -0.15) is 5.10 Å². The summed E-state index contributed by atoms with van der Waals surface area (Å²) < 4.78 is 2.01. The van der Waals surface area contributed by atoms with Crippen LogP contribution in [0.5, 0.6) is 0 Å². The monoisotopic (exact) mass is 270 g/mol. The van der Waals surface area contributed by atoms with Crippen LogP contribution in [0.3, 0.4) is 0 Å². The van der Waals surface area contributed by atoms with Gasteiger partial charge in [0.2, 0.25) is 0 Å². The molecule has 1 aromatic carbocycles. The highest BCUT2D eigenvalue weighted by Gasteiger charge is 2.12. The zero-order valence-corrected chi connectivity index (χ0v) is 11.8. The van der Waals surface area contributed by atoms with Crippen LogP contribution in [0.1, 0.15) is 24.0 Å². The van der Waals surface area contributed by atoms with E-state index in [0.29, 0.717) is 6.04 Å². The lowest BCUT2D eigenvalue weighted by Crippen LogP contribution is -2.42. The van der Waals surface area contributed by atoms with Gasteiger partial charge in [-0.1, -0.05) is 30.3 Å². The molecule has 106 valence electrons. The summed E-state index contributed by atoms with van der Waals surface area (Å²) in [4.78, 5) is 0. The fourth-order valence-corrected chi connectivity index (χ4v) is 2.64. The van der Waals surface area contributed by atoms with Gasteiger partial charge >= 0.3 is 0 Å². The second-order valence-corrected chi connectivity index (χ2v) is 5.46. The first-order chi connectivity index (χ1) is 9.90. The average Bonchev–Trinajstić information content (AvgIpc) is 2.95. The number of rotatable bonds is 5. The van der Waals surface area contributed by atoms with Crippen molar-refractivity contribution in [2.75, 3.05) is 13.1 Å². The van der Waals surface area contributed by atoms with Gasteiger partial charge in [-0.25, -0.2) is 0 Å². The third-order valence-electron chi connectivity index (χ3n) is 3.77. The van der Waals surface area contributed by atoms with Gasteiger partial charge < -0.3 is 10.6 Å². The molecule has 1 aromatic heterocycles. The fraction of sp³-hybridized carbons (Fsp3) is 0.438. The van der Waals surface area contributed by atoms with Gasteiger partial charge in [-0.3, -0.25) is 4.68 Å². The van der Waals surface area contributed by atoms with Gasteiger partial charge in [0.25, 0.3) is 0 Å². The Morgan fingerprint density at radius 1 is 1.25 bits per heavy atom. The van der Waals surface area contributed by atoms with E-state index in [-0.39, 0.29) is 0 Å². The Morgan fingerprint density at radius 3 is 2.95 bits per heavy atom. The fourth-order valence-electron chi connectivity index (χ4n) is 2.64. The molecule has 4 heteroatoms. The summed E-state index contributed by atoms with van der Waals surface area (Å²) in [5, 5.41) is 11.5. The minimum atomic E-state index is 0.598. The van der Waals surface area contributed by atoms with E-state index >= 15 is 0 Å². The van der Waals surface area contributed by atoms with Crippen LogP contribution in [-0.2, 0) is 13.1 Å². The van der Waals surface area contributed by atoms with Crippen molar-refractivity contribution in [3.8, 4) is 0 Å². The summed E-state index contributed by atoms with van der Waals surface area (Å²) >= 11 is 0. The normalized spacial score (nSPS) is 19.1. The molecule has 0 spiro atoms. The third kappa shape index (κ3) is 3.68. The second-order valence-electron chi connectivity index (χ2n) is 5.46. The summed E-state index contributed by atoms with van der Waals surface area (Å²) in [5.41, 5.74) is 2.54. The highest BCUT2D eigenvalue weighted by Crippen LogP contribution is 2.06. The molecule has 2 aromatic rings. The number of hydrogen-bond donors (Lipinski definition) is 2. The molecule has 0 unspecified atom stereocenters. The molecule has 2 N–H and O–H groups in total. The van der Waals surface area contributed by atoms with Crippen LogP contribution in [0.2, 0.25) is 0 Å². The Bertz CT molecular complexity index is 514. The summed E-state index contributed by atoms with van der Waals surface area (Å²) in [6, 6.07) is 11.0. The lowest BCUT2D eigenvalue weighted by Gasteiger charge is -2.23. The van der Waals surface area contributed by atoms with Crippen molar-refractivity contribution >= 4 is 0 Å². The summed E-state index contributed by atoms with van der Waals surface area (Å²) in [6.07, 6.45) is 6.64. The van der Waals surface area contributed by atoms with E-state index < -0.39 is 0 Å². The summed E-state index contributed by atoms with van der Waals surface area (Å²) in [6.45, 7) is 3.98. The van der Waals surface area contributed by atoms with E-state index in [1.807, 2.05) is 16.9 Å². The quantitative estimate of drug-likeness (QED) is 0.870. The first-order valence-corrected chi connectivity index (χ1v) is 7.39. The van der Waals surface area contributed by atoms with Crippen molar-refractivity contribution in [3.05, 3.63) is 53.9 Å². The molecule has 2 heterocycles. The molecule has 4 nitrogen and oxygen atoms in total. The predicted octanol–water partition coefficient (Wildman–Crippen LogP) is 1.77.